The van der Waals surface area contributed by atoms with E-state index in [0.717, 1.165) is 0 Å². The van der Waals surface area contributed by atoms with E-state index < -0.39 is 0 Å². The quantitative estimate of drug-likeness (QED) is 0.827. The van der Waals surface area contributed by atoms with Crippen molar-refractivity contribution in [2.45, 2.75) is 12.8 Å². The molecule has 1 aliphatic heterocycles. The summed E-state index contributed by atoms with van der Waals surface area (Å²) in [5, 5.41) is 0.514. The number of amides is 2. The molecule has 2 heterocycles. The van der Waals surface area contributed by atoms with Crippen molar-refractivity contribution >= 4 is 23.4 Å². The van der Waals surface area contributed by atoms with Gasteiger partial charge >= 0.3 is 0 Å². The van der Waals surface area contributed by atoms with Crippen LogP contribution in [0.25, 0.3) is 0 Å². The molecule has 1 fully saturated rings. The maximum atomic E-state index is 12.0. The fourth-order valence-corrected chi connectivity index (χ4v) is 2.19. The number of piperidine rings is 1. The molecule has 1 aromatic rings. The van der Waals surface area contributed by atoms with Crippen molar-refractivity contribution in [3.63, 3.8) is 0 Å². The Kier molecular flexibility index (Phi) is 3.38. The molecule has 2 amide bonds. The van der Waals surface area contributed by atoms with Gasteiger partial charge in [-0.15, -0.1) is 0 Å². The molecule has 1 saturated heterocycles. The highest BCUT2D eigenvalue weighted by Crippen LogP contribution is 2.19. The number of carbonyl (C=O) groups is 2. The molecular weight excluding hydrogens is 242 g/mol. The summed E-state index contributed by atoms with van der Waals surface area (Å²) < 4.78 is 0. The van der Waals surface area contributed by atoms with E-state index in [1.54, 1.807) is 17.2 Å². The molecule has 0 radical (unpaired) electrons. The maximum Gasteiger partial charge on any atom is 0.270 e. The highest BCUT2D eigenvalue weighted by molar-refractivity contribution is 6.30. The maximum absolute atomic E-state index is 12.0. The number of aromatic nitrogens is 1. The van der Waals surface area contributed by atoms with Crippen molar-refractivity contribution in [3.05, 3.63) is 23.0 Å². The number of nitrogens with one attached hydrogen (secondary N) is 1. The lowest BCUT2D eigenvalue weighted by molar-refractivity contribution is -0.123. The van der Waals surface area contributed by atoms with E-state index in [1.165, 1.54) is 0 Å². The van der Waals surface area contributed by atoms with Crippen LogP contribution in [-0.4, -0.2) is 34.8 Å². The van der Waals surface area contributed by atoms with E-state index in [2.05, 4.69) is 4.98 Å². The zero-order valence-corrected chi connectivity index (χ0v) is 10.0. The van der Waals surface area contributed by atoms with Crippen LogP contribution in [0.3, 0.4) is 0 Å². The number of primary amides is 1. The number of likely N-dealkylation sites (tertiary alicyclic amines) is 1. The fourth-order valence-electron chi connectivity index (χ4n) is 2.03. The number of H-pyrrole nitrogens is 1. The molecule has 0 aliphatic carbocycles. The normalized spacial score (nSPS) is 17.1. The zero-order chi connectivity index (χ0) is 12.4. The van der Waals surface area contributed by atoms with Crippen LogP contribution in [0.15, 0.2) is 12.3 Å². The number of hydrogen-bond donors (Lipinski definition) is 2. The van der Waals surface area contributed by atoms with E-state index in [-0.39, 0.29) is 17.7 Å². The average Bonchev–Trinajstić information content (AvgIpc) is 2.75. The van der Waals surface area contributed by atoms with E-state index in [0.29, 0.717) is 36.6 Å². The first-order valence-electron chi connectivity index (χ1n) is 5.50. The molecule has 0 unspecified atom stereocenters. The summed E-state index contributed by atoms with van der Waals surface area (Å²) in [7, 11) is 0. The van der Waals surface area contributed by atoms with Gasteiger partial charge in [-0.3, -0.25) is 9.59 Å². The Morgan fingerprint density at radius 2 is 2.06 bits per heavy atom. The van der Waals surface area contributed by atoms with Gasteiger partial charge in [-0.2, -0.15) is 0 Å². The van der Waals surface area contributed by atoms with E-state index in [1.807, 2.05) is 0 Å². The second-order valence-corrected chi connectivity index (χ2v) is 4.64. The van der Waals surface area contributed by atoms with Gasteiger partial charge in [0.25, 0.3) is 5.91 Å². The van der Waals surface area contributed by atoms with Crippen molar-refractivity contribution in [1.82, 2.24) is 9.88 Å². The summed E-state index contributed by atoms with van der Waals surface area (Å²) in [6.07, 6.45) is 2.84. The number of rotatable bonds is 2. The SMILES string of the molecule is NC(=O)C1CCN(C(=O)c2cc(Cl)c[nH]2)CC1. The molecule has 5 nitrogen and oxygen atoms in total. The monoisotopic (exact) mass is 255 g/mol. The molecule has 1 aliphatic rings. The molecule has 17 heavy (non-hydrogen) atoms. The predicted molar refractivity (Wildman–Crippen MR) is 63.6 cm³/mol. The Morgan fingerprint density at radius 3 is 2.53 bits per heavy atom. The largest absolute Gasteiger partial charge is 0.369 e. The minimum Gasteiger partial charge on any atom is -0.369 e. The third kappa shape index (κ3) is 2.61. The van der Waals surface area contributed by atoms with Crippen LogP contribution in [0, 0.1) is 5.92 Å². The third-order valence-corrected chi connectivity index (χ3v) is 3.28. The Balaban J connectivity index is 1.97. The smallest absolute Gasteiger partial charge is 0.270 e. The Bertz CT molecular complexity index is 436. The molecule has 0 spiro atoms. The number of carbonyl (C=O) groups excluding carboxylic acids is 2. The van der Waals surface area contributed by atoms with Crippen molar-refractivity contribution in [2.75, 3.05) is 13.1 Å². The first-order chi connectivity index (χ1) is 8.08. The molecule has 2 rings (SSSR count). The van der Waals surface area contributed by atoms with Crippen LogP contribution in [0.5, 0.6) is 0 Å². The number of nitrogens with two attached hydrogens (primary N) is 1. The Morgan fingerprint density at radius 1 is 1.41 bits per heavy atom. The molecule has 0 atom stereocenters. The van der Waals surface area contributed by atoms with Gasteiger partial charge in [0.15, 0.2) is 0 Å². The minimum absolute atomic E-state index is 0.0835. The number of aromatic amines is 1. The molecular formula is C11H14ClN3O2. The summed E-state index contributed by atoms with van der Waals surface area (Å²) in [6, 6.07) is 1.60. The van der Waals surface area contributed by atoms with Gasteiger partial charge in [-0.25, -0.2) is 0 Å². The summed E-state index contributed by atoms with van der Waals surface area (Å²) in [4.78, 5) is 27.5. The zero-order valence-electron chi connectivity index (χ0n) is 9.28. The lowest BCUT2D eigenvalue weighted by Gasteiger charge is -2.30. The van der Waals surface area contributed by atoms with Crippen LogP contribution in [0.1, 0.15) is 23.3 Å². The molecule has 0 saturated carbocycles. The van der Waals surface area contributed by atoms with E-state index >= 15 is 0 Å². The molecule has 0 bridgehead atoms. The van der Waals surface area contributed by atoms with Crippen LogP contribution in [0.2, 0.25) is 5.02 Å². The van der Waals surface area contributed by atoms with E-state index in [4.69, 9.17) is 17.3 Å². The van der Waals surface area contributed by atoms with Gasteiger partial charge in [0.2, 0.25) is 5.91 Å². The molecule has 1 aromatic heterocycles. The number of hydrogen-bond acceptors (Lipinski definition) is 2. The molecule has 3 N–H and O–H groups in total. The van der Waals surface area contributed by atoms with Crippen molar-refractivity contribution in [3.8, 4) is 0 Å². The molecule has 0 aromatic carbocycles. The van der Waals surface area contributed by atoms with Crippen LogP contribution >= 0.6 is 11.6 Å². The minimum atomic E-state index is -0.278. The van der Waals surface area contributed by atoms with Crippen molar-refractivity contribution in [1.29, 1.82) is 0 Å². The van der Waals surface area contributed by atoms with Crippen LogP contribution in [-0.2, 0) is 4.79 Å². The lowest BCUT2D eigenvalue weighted by atomic mass is 9.96. The Hall–Kier alpha value is -1.49. The highest BCUT2D eigenvalue weighted by atomic mass is 35.5. The Labute approximate surface area is 104 Å². The average molecular weight is 256 g/mol. The first kappa shape index (κ1) is 12.0. The summed E-state index contributed by atoms with van der Waals surface area (Å²) in [6.45, 7) is 1.12. The van der Waals surface area contributed by atoms with Crippen LogP contribution in [0.4, 0.5) is 0 Å². The summed E-state index contributed by atoms with van der Waals surface area (Å²) >= 11 is 5.74. The summed E-state index contributed by atoms with van der Waals surface area (Å²) in [5.74, 6) is -0.467. The van der Waals surface area contributed by atoms with Crippen molar-refractivity contribution < 1.29 is 9.59 Å². The van der Waals surface area contributed by atoms with Gasteiger partial charge in [0.1, 0.15) is 5.69 Å². The lowest BCUT2D eigenvalue weighted by Crippen LogP contribution is -2.41. The first-order valence-corrected chi connectivity index (χ1v) is 5.88. The second-order valence-electron chi connectivity index (χ2n) is 4.20. The number of nitrogens with zero attached hydrogens (tertiary/aromatic N) is 1. The fraction of sp³-hybridized carbons (Fsp3) is 0.455. The van der Waals surface area contributed by atoms with Crippen molar-refractivity contribution in [2.24, 2.45) is 11.7 Å². The standard InChI is InChI=1S/C11H14ClN3O2/c12-8-5-9(14-6-8)11(17)15-3-1-7(2-4-15)10(13)16/h5-7,14H,1-4H2,(H2,13,16). The van der Waals surface area contributed by atoms with E-state index in [9.17, 15) is 9.59 Å². The predicted octanol–water partition coefficient (Wildman–Crippen LogP) is 1.01. The number of halogens is 1. The highest BCUT2D eigenvalue weighted by Gasteiger charge is 2.26. The van der Waals surface area contributed by atoms with Gasteiger partial charge in [-0.1, -0.05) is 11.6 Å². The second kappa shape index (κ2) is 4.79. The molecule has 6 heteroatoms. The van der Waals surface area contributed by atoms with Gasteiger partial charge in [0.05, 0.1) is 5.02 Å². The van der Waals surface area contributed by atoms with Gasteiger partial charge in [-0.05, 0) is 18.9 Å². The molecule has 92 valence electrons. The summed E-state index contributed by atoms with van der Waals surface area (Å²) in [5.41, 5.74) is 5.72. The third-order valence-electron chi connectivity index (χ3n) is 3.06. The van der Waals surface area contributed by atoms with Crippen LogP contribution < -0.4 is 5.73 Å². The van der Waals surface area contributed by atoms with Gasteiger partial charge in [0, 0.05) is 25.2 Å². The topological polar surface area (TPSA) is 79.2 Å². The van der Waals surface area contributed by atoms with Gasteiger partial charge < -0.3 is 15.6 Å².